The van der Waals surface area contributed by atoms with Crippen LogP contribution >= 0.6 is 0 Å². The highest BCUT2D eigenvalue weighted by Crippen LogP contribution is 2.27. The smallest absolute Gasteiger partial charge is 0.300 e. The van der Waals surface area contributed by atoms with Crippen LogP contribution in [-0.4, -0.2) is 26.6 Å². The molecule has 0 radical (unpaired) electrons. The first-order valence-corrected chi connectivity index (χ1v) is 9.51. The second kappa shape index (κ2) is 8.49. The number of rotatable bonds is 4. The van der Waals surface area contributed by atoms with Crippen molar-refractivity contribution in [2.24, 2.45) is 0 Å². The monoisotopic (exact) mass is 372 g/mol. The van der Waals surface area contributed by atoms with Gasteiger partial charge in [0.1, 0.15) is 5.75 Å². The normalized spacial score (nSPS) is 10.7. The van der Waals surface area contributed by atoms with Crippen molar-refractivity contribution in [2.75, 3.05) is 7.11 Å². The summed E-state index contributed by atoms with van der Waals surface area (Å²) in [6, 6.07) is 19.9. The van der Waals surface area contributed by atoms with Gasteiger partial charge in [0.05, 0.1) is 17.8 Å². The quantitative estimate of drug-likeness (QED) is 0.751. The second-order valence-electron chi connectivity index (χ2n) is 5.61. The van der Waals surface area contributed by atoms with E-state index < -0.39 is 15.8 Å². The topological polar surface area (TPSA) is 80.7 Å². The van der Waals surface area contributed by atoms with Crippen molar-refractivity contribution in [2.45, 2.75) is 17.6 Å². The van der Waals surface area contributed by atoms with E-state index >= 15 is 0 Å². The van der Waals surface area contributed by atoms with Crippen LogP contribution in [0.15, 0.2) is 71.6 Å². The molecule has 0 fully saturated rings. The minimum atomic E-state index is -3.34. The number of carboxylic acid groups (broad SMARTS) is 1. The Bertz CT molecular complexity index is 991. The third-order valence-corrected chi connectivity index (χ3v) is 5.29. The maximum atomic E-state index is 12.5. The van der Waals surface area contributed by atoms with Crippen molar-refractivity contribution >= 4 is 26.6 Å². The minimum Gasteiger partial charge on any atom is -0.496 e. The Labute approximate surface area is 152 Å². The van der Waals surface area contributed by atoms with Crippen molar-refractivity contribution in [3.63, 3.8) is 0 Å². The van der Waals surface area contributed by atoms with Crippen LogP contribution in [-0.2, 0) is 20.4 Å². The minimum absolute atomic E-state index is 0.0228. The van der Waals surface area contributed by atoms with E-state index in [1.54, 1.807) is 37.4 Å². The number of ether oxygens (including phenoxy) is 1. The van der Waals surface area contributed by atoms with Crippen LogP contribution < -0.4 is 4.74 Å². The maximum absolute atomic E-state index is 12.5. The summed E-state index contributed by atoms with van der Waals surface area (Å²) in [5.41, 5.74) is 0.751. The molecule has 0 atom stereocenters. The summed E-state index contributed by atoms with van der Waals surface area (Å²) in [6.07, 6.45) is 0. The third-order valence-electron chi connectivity index (χ3n) is 3.59. The molecule has 0 saturated heterocycles. The fourth-order valence-corrected chi connectivity index (χ4v) is 3.85. The molecule has 26 heavy (non-hydrogen) atoms. The molecule has 5 nitrogen and oxygen atoms in total. The number of sulfone groups is 1. The first-order valence-electron chi connectivity index (χ1n) is 7.86. The SMILES string of the molecule is CC(=O)O.COc1cccc2ccc(CS(=O)(=O)c3ccccc3)cc12. The van der Waals surface area contributed by atoms with E-state index in [-0.39, 0.29) is 5.75 Å². The number of aliphatic carboxylic acids is 1. The molecule has 0 aromatic heterocycles. The standard InChI is InChI=1S/C18H16O3S.C2H4O2/c1-21-18-9-5-6-15-11-10-14(12-17(15)18)13-22(19,20)16-7-3-2-4-8-16;1-2(3)4/h2-12H,13H2,1H3;1H3,(H,3,4). The summed E-state index contributed by atoms with van der Waals surface area (Å²) >= 11 is 0. The molecule has 0 saturated carbocycles. The average molecular weight is 372 g/mol. The zero-order valence-electron chi connectivity index (χ0n) is 14.5. The van der Waals surface area contributed by atoms with E-state index in [1.165, 1.54) is 0 Å². The molecule has 0 unspecified atom stereocenters. The van der Waals surface area contributed by atoms with E-state index in [0.717, 1.165) is 29.0 Å². The van der Waals surface area contributed by atoms with Gasteiger partial charge in [0.2, 0.25) is 0 Å². The molecule has 0 aliphatic heterocycles. The van der Waals surface area contributed by atoms with Crippen LogP contribution in [0.25, 0.3) is 10.8 Å². The Morgan fingerprint density at radius 3 is 2.27 bits per heavy atom. The summed E-state index contributed by atoms with van der Waals surface area (Å²) in [7, 11) is -1.73. The van der Waals surface area contributed by atoms with E-state index in [0.29, 0.717) is 4.90 Å². The van der Waals surface area contributed by atoms with Crippen LogP contribution in [0.5, 0.6) is 5.75 Å². The molecule has 0 bridgehead atoms. The second-order valence-corrected chi connectivity index (χ2v) is 7.60. The Morgan fingerprint density at radius 2 is 1.65 bits per heavy atom. The number of hydrogen-bond donors (Lipinski definition) is 1. The van der Waals surface area contributed by atoms with Gasteiger partial charge in [0.15, 0.2) is 9.84 Å². The molecular weight excluding hydrogens is 352 g/mol. The molecule has 1 N–H and O–H groups in total. The molecule has 0 amide bonds. The largest absolute Gasteiger partial charge is 0.496 e. The predicted molar refractivity (Wildman–Crippen MR) is 101 cm³/mol. The molecular formula is C20H20O5S. The van der Waals surface area contributed by atoms with Crippen LogP contribution in [0.3, 0.4) is 0 Å². The molecule has 0 aliphatic carbocycles. The van der Waals surface area contributed by atoms with E-state index in [4.69, 9.17) is 14.6 Å². The lowest BCUT2D eigenvalue weighted by molar-refractivity contribution is -0.134. The first-order chi connectivity index (χ1) is 12.3. The number of benzene rings is 3. The van der Waals surface area contributed by atoms with Crippen LogP contribution in [0.2, 0.25) is 0 Å². The number of carbonyl (C=O) groups is 1. The highest BCUT2D eigenvalue weighted by Gasteiger charge is 2.15. The lowest BCUT2D eigenvalue weighted by atomic mass is 10.1. The van der Waals surface area contributed by atoms with Crippen molar-refractivity contribution < 1.29 is 23.1 Å². The number of hydrogen-bond acceptors (Lipinski definition) is 4. The zero-order valence-corrected chi connectivity index (χ0v) is 15.4. The number of fused-ring (bicyclic) bond motifs is 1. The Hall–Kier alpha value is -2.86. The summed E-state index contributed by atoms with van der Waals surface area (Å²) in [6.45, 7) is 1.08. The van der Waals surface area contributed by atoms with E-state index in [2.05, 4.69) is 0 Å². The Morgan fingerprint density at radius 1 is 1.00 bits per heavy atom. The highest BCUT2D eigenvalue weighted by molar-refractivity contribution is 7.90. The Kier molecular flexibility index (Phi) is 6.36. The van der Waals surface area contributed by atoms with Crippen molar-refractivity contribution in [1.82, 2.24) is 0 Å². The van der Waals surface area contributed by atoms with Crippen molar-refractivity contribution in [3.05, 3.63) is 72.3 Å². The van der Waals surface area contributed by atoms with Crippen LogP contribution in [0.4, 0.5) is 0 Å². The molecule has 3 aromatic carbocycles. The fraction of sp³-hybridized carbons (Fsp3) is 0.150. The lowest BCUT2D eigenvalue weighted by Crippen LogP contribution is -2.04. The molecule has 0 spiro atoms. The molecule has 3 aromatic rings. The summed E-state index contributed by atoms with van der Waals surface area (Å²) in [4.78, 5) is 9.34. The van der Waals surface area contributed by atoms with Gasteiger partial charge in [-0.25, -0.2) is 8.42 Å². The number of methoxy groups -OCH3 is 1. The maximum Gasteiger partial charge on any atom is 0.300 e. The molecule has 6 heteroatoms. The van der Waals surface area contributed by atoms with E-state index in [9.17, 15) is 8.42 Å². The van der Waals surface area contributed by atoms with E-state index in [1.807, 2.05) is 36.4 Å². The van der Waals surface area contributed by atoms with Gasteiger partial charge in [-0.05, 0) is 35.2 Å². The summed E-state index contributed by atoms with van der Waals surface area (Å²) in [5, 5.41) is 9.37. The molecule has 136 valence electrons. The first kappa shape index (κ1) is 19.5. The highest BCUT2D eigenvalue weighted by atomic mass is 32.2. The van der Waals surface area contributed by atoms with Gasteiger partial charge in [-0.2, -0.15) is 0 Å². The van der Waals surface area contributed by atoms with Gasteiger partial charge < -0.3 is 9.84 Å². The third kappa shape index (κ3) is 5.07. The van der Waals surface area contributed by atoms with Gasteiger partial charge in [-0.3, -0.25) is 4.79 Å². The summed E-state index contributed by atoms with van der Waals surface area (Å²) in [5.74, 6) is -0.109. The summed E-state index contributed by atoms with van der Waals surface area (Å²) < 4.78 is 30.3. The van der Waals surface area contributed by atoms with Gasteiger partial charge >= 0.3 is 0 Å². The lowest BCUT2D eigenvalue weighted by Gasteiger charge is -2.08. The molecule has 0 aliphatic rings. The Balaban J connectivity index is 0.000000552. The van der Waals surface area contributed by atoms with Crippen LogP contribution in [0, 0.1) is 0 Å². The van der Waals surface area contributed by atoms with Gasteiger partial charge in [-0.15, -0.1) is 0 Å². The van der Waals surface area contributed by atoms with Gasteiger partial charge in [0.25, 0.3) is 5.97 Å². The zero-order chi connectivity index (χ0) is 19.2. The van der Waals surface area contributed by atoms with Gasteiger partial charge in [-0.1, -0.05) is 42.5 Å². The van der Waals surface area contributed by atoms with Crippen LogP contribution in [0.1, 0.15) is 12.5 Å². The number of carboxylic acids is 1. The van der Waals surface area contributed by atoms with Crippen molar-refractivity contribution in [3.8, 4) is 5.75 Å². The molecule has 0 heterocycles. The molecule has 3 rings (SSSR count). The van der Waals surface area contributed by atoms with Crippen molar-refractivity contribution in [1.29, 1.82) is 0 Å². The predicted octanol–water partition coefficient (Wildman–Crippen LogP) is 3.91. The fourth-order valence-electron chi connectivity index (χ4n) is 2.49. The van der Waals surface area contributed by atoms with Gasteiger partial charge in [0, 0.05) is 12.3 Å². The average Bonchev–Trinajstić information content (AvgIpc) is 2.61.